The van der Waals surface area contributed by atoms with Gasteiger partial charge in [0.25, 0.3) is 0 Å². The van der Waals surface area contributed by atoms with Gasteiger partial charge in [0.1, 0.15) is 17.8 Å². The number of carboxylic acid groups (broad SMARTS) is 1. The maximum Gasteiger partial charge on any atom is 0.453 e. The lowest BCUT2D eigenvalue weighted by molar-refractivity contribution is -0.255. The molecule has 3 heterocycles. The van der Waals surface area contributed by atoms with Gasteiger partial charge in [-0.3, -0.25) is 4.57 Å². The number of alkyl halides is 3. The fraction of sp³-hybridized carbons (Fsp3) is 0.0526. The van der Waals surface area contributed by atoms with Crippen molar-refractivity contribution in [3.8, 4) is 28.3 Å². The zero-order valence-electron chi connectivity index (χ0n) is 14.4. The van der Waals surface area contributed by atoms with Gasteiger partial charge in [0.05, 0.1) is 17.2 Å². The summed E-state index contributed by atoms with van der Waals surface area (Å²) < 4.78 is 46.4. The maximum absolute atomic E-state index is 13.5. The van der Waals surface area contributed by atoms with Crippen LogP contribution in [0.3, 0.4) is 0 Å². The molecule has 146 valence electrons. The van der Waals surface area contributed by atoms with Gasteiger partial charge in [-0.15, -0.1) is 0 Å². The van der Waals surface area contributed by atoms with Crippen molar-refractivity contribution in [2.45, 2.75) is 6.18 Å². The normalized spacial score (nSPS) is 11.6. The van der Waals surface area contributed by atoms with Crippen LogP contribution in [0.25, 0.3) is 28.3 Å². The van der Waals surface area contributed by atoms with Crippen LogP contribution in [-0.2, 0) is 6.18 Å². The molecule has 29 heavy (non-hydrogen) atoms. The van der Waals surface area contributed by atoms with Crippen LogP contribution in [0.2, 0.25) is 0 Å². The average molecular weight is 399 g/mol. The van der Waals surface area contributed by atoms with E-state index < -0.39 is 17.9 Å². The number of carbonyl (C=O) groups excluding carboxylic acids is 1. The van der Waals surface area contributed by atoms with Crippen LogP contribution in [-0.4, -0.2) is 25.7 Å². The Bertz CT molecular complexity index is 1170. The van der Waals surface area contributed by atoms with Crippen molar-refractivity contribution in [2.75, 3.05) is 0 Å². The molecule has 4 rings (SSSR count). The van der Waals surface area contributed by atoms with E-state index in [0.29, 0.717) is 5.56 Å². The quantitative estimate of drug-likeness (QED) is 0.523. The molecule has 0 aliphatic heterocycles. The van der Waals surface area contributed by atoms with E-state index in [9.17, 15) is 23.1 Å². The Morgan fingerprint density at radius 1 is 1.07 bits per heavy atom. The monoisotopic (exact) mass is 399 g/mol. The summed E-state index contributed by atoms with van der Waals surface area (Å²) in [6, 6.07) is 10.9. The Labute approximate surface area is 161 Å². The number of aromatic nitrogens is 4. The fourth-order valence-corrected chi connectivity index (χ4v) is 2.75. The number of imidazole rings is 1. The van der Waals surface area contributed by atoms with Crippen LogP contribution in [0, 0.1) is 0 Å². The lowest BCUT2D eigenvalue weighted by Crippen LogP contribution is -2.22. The van der Waals surface area contributed by atoms with Crippen molar-refractivity contribution in [3.63, 3.8) is 0 Å². The summed E-state index contributed by atoms with van der Waals surface area (Å²) in [7, 11) is 0. The summed E-state index contributed by atoms with van der Waals surface area (Å²) in [5, 5.41) is 14.4. The van der Waals surface area contributed by atoms with Crippen molar-refractivity contribution >= 4 is 5.97 Å². The second-order valence-corrected chi connectivity index (χ2v) is 5.96. The van der Waals surface area contributed by atoms with E-state index in [1.165, 1.54) is 29.2 Å². The molecular formula is C19H10F3N4O3-. The minimum Gasteiger partial charge on any atom is -0.545 e. The third-order valence-corrected chi connectivity index (χ3v) is 4.08. The average Bonchev–Trinajstić information content (AvgIpc) is 3.35. The Morgan fingerprint density at radius 3 is 2.45 bits per heavy atom. The molecule has 0 amide bonds. The molecule has 3 aromatic heterocycles. The van der Waals surface area contributed by atoms with Gasteiger partial charge in [-0.1, -0.05) is 35.5 Å². The van der Waals surface area contributed by atoms with Gasteiger partial charge >= 0.3 is 6.18 Å². The number of halogens is 3. The van der Waals surface area contributed by atoms with Crippen LogP contribution < -0.4 is 5.11 Å². The van der Waals surface area contributed by atoms with Gasteiger partial charge in [0.15, 0.2) is 0 Å². The summed E-state index contributed by atoms with van der Waals surface area (Å²) in [5.74, 6) is -2.39. The standard InChI is InChI=1S/C19H11F3N4O3/c20-19(21,22)17-15(16(25-29-17)11-4-2-1-3-5-11)13-9-26(10-24-13)14-7-6-12(8-23-14)18(27)28/h1-10H,(H,27,28)/p-1. The molecule has 0 atom stereocenters. The molecule has 0 spiro atoms. The van der Waals surface area contributed by atoms with E-state index >= 15 is 0 Å². The first-order valence-corrected chi connectivity index (χ1v) is 8.19. The number of hydrogen-bond donors (Lipinski definition) is 0. The minimum absolute atomic E-state index is 0.00318. The maximum atomic E-state index is 13.5. The Kier molecular flexibility index (Phi) is 4.38. The molecular weight excluding hydrogens is 389 g/mol. The van der Waals surface area contributed by atoms with E-state index in [4.69, 9.17) is 0 Å². The molecule has 0 saturated heterocycles. The fourth-order valence-electron chi connectivity index (χ4n) is 2.75. The summed E-state index contributed by atoms with van der Waals surface area (Å²) in [5.41, 5.74) is -0.00738. The summed E-state index contributed by atoms with van der Waals surface area (Å²) >= 11 is 0. The minimum atomic E-state index is -4.77. The number of pyridine rings is 1. The highest BCUT2D eigenvalue weighted by Gasteiger charge is 2.41. The van der Waals surface area contributed by atoms with Gasteiger partial charge < -0.3 is 14.4 Å². The number of rotatable bonds is 4. The molecule has 7 nitrogen and oxygen atoms in total. The summed E-state index contributed by atoms with van der Waals surface area (Å²) in [6.07, 6.45) is -1.10. The van der Waals surface area contributed by atoms with E-state index in [2.05, 4.69) is 19.6 Å². The lowest BCUT2D eigenvalue weighted by atomic mass is 10.0. The number of nitrogens with zero attached hydrogens (tertiary/aromatic N) is 4. The Balaban J connectivity index is 1.81. The van der Waals surface area contributed by atoms with Gasteiger partial charge in [-0.05, 0) is 12.1 Å². The first-order valence-electron chi connectivity index (χ1n) is 8.19. The zero-order chi connectivity index (χ0) is 20.6. The third-order valence-electron chi connectivity index (χ3n) is 4.08. The van der Waals surface area contributed by atoms with Crippen LogP contribution in [0.15, 0.2) is 65.7 Å². The molecule has 0 fully saturated rings. The van der Waals surface area contributed by atoms with E-state index in [1.807, 2.05) is 0 Å². The number of carbonyl (C=O) groups is 1. The number of benzene rings is 1. The summed E-state index contributed by atoms with van der Waals surface area (Å²) in [4.78, 5) is 18.8. The van der Waals surface area contributed by atoms with E-state index in [1.54, 1.807) is 30.3 Å². The van der Waals surface area contributed by atoms with Crippen molar-refractivity contribution < 1.29 is 27.6 Å². The summed E-state index contributed by atoms with van der Waals surface area (Å²) in [6.45, 7) is 0. The molecule has 0 N–H and O–H groups in total. The van der Waals surface area contributed by atoms with E-state index in [-0.39, 0.29) is 28.3 Å². The first kappa shape index (κ1) is 18.4. The second-order valence-electron chi connectivity index (χ2n) is 5.96. The molecule has 0 unspecified atom stereocenters. The number of carboxylic acids is 1. The highest BCUT2D eigenvalue weighted by atomic mass is 19.4. The van der Waals surface area contributed by atoms with Crippen LogP contribution >= 0.6 is 0 Å². The third kappa shape index (κ3) is 3.47. The zero-order valence-corrected chi connectivity index (χ0v) is 14.4. The van der Waals surface area contributed by atoms with Gasteiger partial charge in [0, 0.05) is 23.5 Å². The topological polar surface area (TPSA) is 96.9 Å². The molecule has 0 aliphatic rings. The Morgan fingerprint density at radius 2 is 1.83 bits per heavy atom. The second kappa shape index (κ2) is 6.89. The Hall–Kier alpha value is -3.95. The van der Waals surface area contributed by atoms with Gasteiger partial charge in [0.2, 0.25) is 5.76 Å². The molecule has 0 aliphatic carbocycles. The van der Waals surface area contributed by atoms with Crippen LogP contribution in [0.1, 0.15) is 16.1 Å². The molecule has 0 saturated carbocycles. The van der Waals surface area contributed by atoms with Crippen molar-refractivity contribution in [2.24, 2.45) is 0 Å². The van der Waals surface area contributed by atoms with Crippen molar-refractivity contribution in [1.82, 2.24) is 19.7 Å². The van der Waals surface area contributed by atoms with Crippen LogP contribution in [0.5, 0.6) is 0 Å². The number of aromatic carboxylic acids is 1. The predicted molar refractivity (Wildman–Crippen MR) is 91.6 cm³/mol. The smallest absolute Gasteiger partial charge is 0.453 e. The molecule has 4 aromatic rings. The molecule has 0 radical (unpaired) electrons. The highest BCUT2D eigenvalue weighted by molar-refractivity contribution is 5.85. The van der Waals surface area contributed by atoms with Gasteiger partial charge in [-0.2, -0.15) is 13.2 Å². The molecule has 0 bridgehead atoms. The lowest BCUT2D eigenvalue weighted by Gasteiger charge is -2.05. The molecule has 10 heteroatoms. The molecule has 1 aromatic carbocycles. The highest BCUT2D eigenvalue weighted by Crippen LogP contribution is 2.42. The predicted octanol–water partition coefficient (Wildman–Crippen LogP) is 2.97. The van der Waals surface area contributed by atoms with Gasteiger partial charge in [-0.25, -0.2) is 9.97 Å². The largest absolute Gasteiger partial charge is 0.545 e. The first-order chi connectivity index (χ1) is 13.8. The van der Waals surface area contributed by atoms with Crippen molar-refractivity contribution in [1.29, 1.82) is 0 Å². The van der Waals surface area contributed by atoms with Crippen molar-refractivity contribution in [3.05, 3.63) is 72.5 Å². The van der Waals surface area contributed by atoms with Crippen LogP contribution in [0.4, 0.5) is 13.2 Å². The van der Waals surface area contributed by atoms with E-state index in [0.717, 1.165) is 6.20 Å². The SMILES string of the molecule is O=C([O-])c1ccc(-n2cnc(-c3c(-c4ccccc4)noc3C(F)(F)F)c2)nc1. The number of hydrogen-bond acceptors (Lipinski definition) is 6.